The zero-order valence-corrected chi connectivity index (χ0v) is 16.4. The number of hydrogen-bond donors (Lipinski definition) is 2. The summed E-state index contributed by atoms with van der Waals surface area (Å²) in [5.74, 6) is 1.01. The number of carbonyl (C=O) groups is 1. The summed E-state index contributed by atoms with van der Waals surface area (Å²) in [4.78, 5) is 21.1. The maximum absolute atomic E-state index is 12.6. The molecule has 28 heavy (non-hydrogen) atoms. The van der Waals surface area contributed by atoms with Crippen LogP contribution in [0.25, 0.3) is 0 Å². The molecule has 8 heteroatoms. The maximum Gasteiger partial charge on any atom is 0.274 e. The van der Waals surface area contributed by atoms with Crippen LogP contribution in [0.1, 0.15) is 16.1 Å². The highest BCUT2D eigenvalue weighted by atomic mass is 35.5. The van der Waals surface area contributed by atoms with Crippen molar-refractivity contribution in [3.63, 3.8) is 0 Å². The highest BCUT2D eigenvalue weighted by Crippen LogP contribution is 2.29. The molecule has 0 saturated carbocycles. The quantitative estimate of drug-likeness (QED) is 0.638. The number of ether oxygens (including phenoxy) is 2. The van der Waals surface area contributed by atoms with Crippen molar-refractivity contribution in [1.29, 1.82) is 0 Å². The Morgan fingerprint density at radius 1 is 1.07 bits per heavy atom. The van der Waals surface area contributed by atoms with Crippen LogP contribution in [0, 0.1) is 6.92 Å². The highest BCUT2D eigenvalue weighted by molar-refractivity contribution is 6.31. The molecule has 0 atom stereocenters. The number of amides is 1. The summed E-state index contributed by atoms with van der Waals surface area (Å²) in [6.45, 7) is 1.89. The van der Waals surface area contributed by atoms with Crippen molar-refractivity contribution in [2.45, 2.75) is 6.92 Å². The largest absolute Gasteiger partial charge is 0.497 e. The third kappa shape index (κ3) is 4.32. The van der Waals surface area contributed by atoms with Gasteiger partial charge in [-0.05, 0) is 42.8 Å². The molecule has 2 aromatic carbocycles. The first-order valence-corrected chi connectivity index (χ1v) is 8.78. The Bertz CT molecular complexity index is 1010. The number of carbonyl (C=O) groups excluding carboxylic acids is 1. The molecule has 0 unspecified atom stereocenters. The number of halogens is 1. The molecule has 1 aromatic heterocycles. The van der Waals surface area contributed by atoms with Gasteiger partial charge in [-0.15, -0.1) is 0 Å². The van der Waals surface area contributed by atoms with Crippen LogP contribution in [0.4, 0.5) is 17.3 Å². The molecule has 0 spiro atoms. The predicted molar refractivity (Wildman–Crippen MR) is 109 cm³/mol. The van der Waals surface area contributed by atoms with Gasteiger partial charge < -0.3 is 20.1 Å². The second-order valence-corrected chi connectivity index (χ2v) is 6.23. The molecular weight excluding hydrogens is 380 g/mol. The van der Waals surface area contributed by atoms with E-state index in [0.29, 0.717) is 28.2 Å². The summed E-state index contributed by atoms with van der Waals surface area (Å²) in [5, 5.41) is 6.49. The van der Waals surface area contributed by atoms with Gasteiger partial charge in [-0.3, -0.25) is 4.79 Å². The molecule has 0 bridgehead atoms. The molecule has 7 nitrogen and oxygen atoms in total. The van der Waals surface area contributed by atoms with Gasteiger partial charge in [0.25, 0.3) is 5.91 Å². The second kappa shape index (κ2) is 8.58. The Hall–Kier alpha value is -3.32. The smallest absolute Gasteiger partial charge is 0.274 e. The lowest BCUT2D eigenvalue weighted by molar-refractivity contribution is 0.102. The first kappa shape index (κ1) is 19.4. The zero-order chi connectivity index (χ0) is 20.1. The van der Waals surface area contributed by atoms with Crippen LogP contribution in [-0.4, -0.2) is 30.1 Å². The van der Waals surface area contributed by atoms with Crippen molar-refractivity contribution >= 4 is 34.8 Å². The van der Waals surface area contributed by atoms with E-state index in [1.807, 2.05) is 19.1 Å². The van der Waals surface area contributed by atoms with Gasteiger partial charge in [-0.2, -0.15) is 0 Å². The first-order valence-electron chi connectivity index (χ1n) is 8.40. The summed E-state index contributed by atoms with van der Waals surface area (Å²) in [6.07, 6.45) is 1.51. The number of nitrogens with one attached hydrogen (secondary N) is 2. The third-order valence-corrected chi connectivity index (χ3v) is 4.47. The van der Waals surface area contributed by atoms with E-state index in [-0.39, 0.29) is 5.69 Å². The highest BCUT2D eigenvalue weighted by Gasteiger charge is 2.13. The first-order chi connectivity index (χ1) is 13.5. The van der Waals surface area contributed by atoms with E-state index in [0.717, 1.165) is 11.3 Å². The minimum absolute atomic E-state index is 0.204. The molecule has 0 fully saturated rings. The SMILES string of the molecule is COc1ccc(NC(=O)c2ccnc(Nc3cccc(Cl)c3C)n2)c(OC)c1. The van der Waals surface area contributed by atoms with E-state index in [1.165, 1.54) is 19.4 Å². The van der Waals surface area contributed by atoms with E-state index in [9.17, 15) is 4.79 Å². The summed E-state index contributed by atoms with van der Waals surface area (Å²) in [5.41, 5.74) is 2.34. The molecular formula is C20H19ClN4O3. The Morgan fingerprint density at radius 3 is 2.64 bits per heavy atom. The lowest BCUT2D eigenvalue weighted by Gasteiger charge is -2.12. The summed E-state index contributed by atoms with van der Waals surface area (Å²) < 4.78 is 10.5. The van der Waals surface area contributed by atoms with Crippen LogP contribution in [0.3, 0.4) is 0 Å². The predicted octanol–water partition coefficient (Wildman–Crippen LogP) is 4.45. The average Bonchev–Trinajstić information content (AvgIpc) is 2.72. The molecule has 0 aliphatic heterocycles. The molecule has 144 valence electrons. The number of hydrogen-bond acceptors (Lipinski definition) is 6. The van der Waals surface area contributed by atoms with Crippen molar-refractivity contribution in [1.82, 2.24) is 9.97 Å². The van der Waals surface area contributed by atoms with Crippen molar-refractivity contribution in [3.8, 4) is 11.5 Å². The normalized spacial score (nSPS) is 10.3. The Kier molecular flexibility index (Phi) is 5.96. The number of methoxy groups -OCH3 is 2. The van der Waals surface area contributed by atoms with Gasteiger partial charge in [0.15, 0.2) is 0 Å². The van der Waals surface area contributed by atoms with Crippen LogP contribution in [-0.2, 0) is 0 Å². The van der Waals surface area contributed by atoms with Gasteiger partial charge in [0.05, 0.1) is 19.9 Å². The molecule has 0 radical (unpaired) electrons. The van der Waals surface area contributed by atoms with Crippen LogP contribution in [0.5, 0.6) is 11.5 Å². The van der Waals surface area contributed by atoms with Crippen LogP contribution >= 0.6 is 11.6 Å². The van der Waals surface area contributed by atoms with E-state index >= 15 is 0 Å². The number of nitrogens with zero attached hydrogens (tertiary/aromatic N) is 2. The van der Waals surface area contributed by atoms with E-state index < -0.39 is 5.91 Å². The molecule has 0 saturated heterocycles. The summed E-state index contributed by atoms with van der Waals surface area (Å²) in [6, 6.07) is 12.1. The number of aromatic nitrogens is 2. The number of rotatable bonds is 6. The van der Waals surface area contributed by atoms with Gasteiger partial charge in [0.2, 0.25) is 5.95 Å². The fourth-order valence-corrected chi connectivity index (χ4v) is 2.67. The topological polar surface area (TPSA) is 85.4 Å². The summed E-state index contributed by atoms with van der Waals surface area (Å²) in [7, 11) is 3.08. The van der Waals surface area contributed by atoms with Gasteiger partial charge >= 0.3 is 0 Å². The zero-order valence-electron chi connectivity index (χ0n) is 15.6. The van der Waals surface area contributed by atoms with Gasteiger partial charge in [0.1, 0.15) is 17.2 Å². The van der Waals surface area contributed by atoms with E-state index in [1.54, 1.807) is 31.4 Å². The van der Waals surface area contributed by atoms with Crippen molar-refractivity contribution in [2.24, 2.45) is 0 Å². The molecule has 3 aromatic rings. The lowest BCUT2D eigenvalue weighted by Crippen LogP contribution is -2.15. The Labute approximate surface area is 167 Å². The standard InChI is InChI=1S/C20H19ClN4O3/c1-12-14(21)5-4-6-15(12)24-20-22-10-9-17(25-20)19(26)23-16-8-7-13(27-2)11-18(16)28-3/h4-11H,1-3H3,(H,23,26)(H,22,24,25). The van der Waals surface area contributed by atoms with Crippen LogP contribution in [0.15, 0.2) is 48.7 Å². The van der Waals surface area contributed by atoms with Crippen molar-refractivity contribution < 1.29 is 14.3 Å². The van der Waals surface area contributed by atoms with Gasteiger partial charge in [-0.25, -0.2) is 9.97 Å². The van der Waals surface area contributed by atoms with Crippen molar-refractivity contribution in [2.75, 3.05) is 24.9 Å². The fourth-order valence-electron chi connectivity index (χ4n) is 2.50. The van der Waals surface area contributed by atoms with Crippen molar-refractivity contribution in [3.05, 3.63) is 64.9 Å². The molecule has 1 amide bonds. The summed E-state index contributed by atoms with van der Waals surface area (Å²) >= 11 is 6.14. The van der Waals surface area contributed by atoms with Gasteiger partial charge in [0, 0.05) is 23.0 Å². The minimum Gasteiger partial charge on any atom is -0.497 e. The monoisotopic (exact) mass is 398 g/mol. The van der Waals surface area contributed by atoms with E-state index in [2.05, 4.69) is 20.6 Å². The molecule has 0 aliphatic carbocycles. The minimum atomic E-state index is -0.392. The Balaban J connectivity index is 1.80. The fraction of sp³-hybridized carbons (Fsp3) is 0.150. The molecule has 0 aliphatic rings. The number of benzene rings is 2. The van der Waals surface area contributed by atoms with Crippen LogP contribution in [0.2, 0.25) is 5.02 Å². The van der Waals surface area contributed by atoms with E-state index in [4.69, 9.17) is 21.1 Å². The van der Waals surface area contributed by atoms with Gasteiger partial charge in [-0.1, -0.05) is 17.7 Å². The molecule has 3 rings (SSSR count). The average molecular weight is 399 g/mol. The second-order valence-electron chi connectivity index (χ2n) is 5.82. The third-order valence-electron chi connectivity index (χ3n) is 4.06. The maximum atomic E-state index is 12.6. The number of anilines is 3. The molecule has 2 N–H and O–H groups in total. The lowest BCUT2D eigenvalue weighted by atomic mass is 10.2. The van der Waals surface area contributed by atoms with Crippen LogP contribution < -0.4 is 20.1 Å². The Morgan fingerprint density at radius 2 is 1.89 bits per heavy atom. The molecule has 1 heterocycles.